The molecule has 0 spiro atoms. The summed E-state index contributed by atoms with van der Waals surface area (Å²) in [6, 6.07) is 12.5. The molecule has 2 rings (SSSR count). The summed E-state index contributed by atoms with van der Waals surface area (Å²) in [7, 11) is 0. The lowest BCUT2D eigenvalue weighted by Gasteiger charge is -2.11. The van der Waals surface area contributed by atoms with Gasteiger partial charge in [-0.2, -0.15) is 0 Å². The molecule has 0 atom stereocenters. The van der Waals surface area contributed by atoms with Crippen molar-refractivity contribution in [3.8, 4) is 0 Å². The predicted molar refractivity (Wildman–Crippen MR) is 106 cm³/mol. The van der Waals surface area contributed by atoms with Gasteiger partial charge in [-0.05, 0) is 67.5 Å². The third-order valence-electron chi connectivity index (χ3n) is 4.28. The molecule has 2 aromatic rings. The molecule has 5 heteroatoms. The molecule has 0 radical (unpaired) electrons. The monoisotopic (exact) mass is 386 g/mol. The maximum absolute atomic E-state index is 13.1. The average molecular weight is 386 g/mol. The Kier molecular flexibility index (Phi) is 8.66. The zero-order valence-electron chi connectivity index (χ0n) is 16.5. The highest BCUT2D eigenvalue weighted by Crippen LogP contribution is 2.18. The fourth-order valence-corrected chi connectivity index (χ4v) is 3.03. The summed E-state index contributed by atoms with van der Waals surface area (Å²) in [4.78, 5) is 23.4. The molecule has 0 saturated heterocycles. The Balaban J connectivity index is 2.15. The quantitative estimate of drug-likeness (QED) is 0.568. The van der Waals surface area contributed by atoms with Gasteiger partial charge in [0.15, 0.2) is 0 Å². The molecule has 0 aliphatic carbocycles. The second-order valence-corrected chi connectivity index (χ2v) is 6.57. The number of benzene rings is 2. The van der Waals surface area contributed by atoms with Gasteiger partial charge >= 0.3 is 11.9 Å². The van der Waals surface area contributed by atoms with Crippen LogP contribution >= 0.6 is 0 Å². The molecule has 0 saturated carbocycles. The van der Waals surface area contributed by atoms with Crippen molar-refractivity contribution in [1.29, 1.82) is 0 Å². The molecule has 2 aromatic carbocycles. The van der Waals surface area contributed by atoms with Crippen LogP contribution in [0.15, 0.2) is 42.5 Å². The highest BCUT2D eigenvalue weighted by atomic mass is 19.1. The van der Waals surface area contributed by atoms with Crippen LogP contribution < -0.4 is 0 Å². The van der Waals surface area contributed by atoms with Crippen LogP contribution in [-0.2, 0) is 38.3 Å². The van der Waals surface area contributed by atoms with E-state index < -0.39 is 0 Å². The van der Waals surface area contributed by atoms with Gasteiger partial charge in [-0.15, -0.1) is 0 Å². The Morgan fingerprint density at radius 2 is 1.21 bits per heavy atom. The summed E-state index contributed by atoms with van der Waals surface area (Å²) in [5, 5.41) is 0. The van der Waals surface area contributed by atoms with Gasteiger partial charge in [0.2, 0.25) is 0 Å². The van der Waals surface area contributed by atoms with Crippen molar-refractivity contribution < 1.29 is 23.5 Å². The number of halogens is 1. The highest BCUT2D eigenvalue weighted by Gasteiger charge is 2.09. The van der Waals surface area contributed by atoms with E-state index in [-0.39, 0.29) is 17.8 Å². The van der Waals surface area contributed by atoms with Gasteiger partial charge in [-0.1, -0.05) is 30.3 Å². The van der Waals surface area contributed by atoms with Gasteiger partial charge in [0.25, 0.3) is 0 Å². The van der Waals surface area contributed by atoms with E-state index >= 15 is 0 Å². The molecule has 0 bridgehead atoms. The fourth-order valence-electron chi connectivity index (χ4n) is 3.03. The van der Waals surface area contributed by atoms with Gasteiger partial charge in [0.1, 0.15) is 5.82 Å². The van der Waals surface area contributed by atoms with Gasteiger partial charge in [-0.3, -0.25) is 9.59 Å². The van der Waals surface area contributed by atoms with E-state index in [1.807, 2.05) is 6.07 Å². The van der Waals surface area contributed by atoms with Crippen molar-refractivity contribution in [2.75, 3.05) is 13.2 Å². The third-order valence-corrected chi connectivity index (χ3v) is 4.28. The summed E-state index contributed by atoms with van der Waals surface area (Å²) in [6.45, 7) is 4.31. The summed E-state index contributed by atoms with van der Waals surface area (Å²) >= 11 is 0. The summed E-state index contributed by atoms with van der Waals surface area (Å²) < 4.78 is 23.1. The number of carbonyl (C=O) groups is 2. The first-order valence-electron chi connectivity index (χ1n) is 9.67. The maximum atomic E-state index is 13.1. The zero-order chi connectivity index (χ0) is 20.4. The number of hydrogen-bond donors (Lipinski definition) is 0. The number of hydrogen-bond acceptors (Lipinski definition) is 4. The standard InChI is InChI=1S/C23H27FO4/c1-3-27-22(25)11-7-18-14-19(8-12-23(26)28-4-2)16-20(15-18)13-17-5-9-21(24)10-6-17/h5-6,9-10,14-16H,3-4,7-8,11-13H2,1-2H3. The molecule has 0 aromatic heterocycles. The van der Waals surface area contributed by atoms with Crippen LogP contribution in [0.3, 0.4) is 0 Å². The van der Waals surface area contributed by atoms with Crippen LogP contribution in [-0.4, -0.2) is 25.2 Å². The molecule has 0 unspecified atom stereocenters. The first kappa shape index (κ1) is 21.6. The molecule has 4 nitrogen and oxygen atoms in total. The van der Waals surface area contributed by atoms with Crippen molar-refractivity contribution in [2.45, 2.75) is 46.0 Å². The summed E-state index contributed by atoms with van der Waals surface area (Å²) in [5.41, 5.74) is 4.10. The van der Waals surface area contributed by atoms with Crippen molar-refractivity contribution in [3.05, 3.63) is 70.5 Å². The molecule has 0 heterocycles. The van der Waals surface area contributed by atoms with Crippen LogP contribution in [0, 0.1) is 5.82 Å². The van der Waals surface area contributed by atoms with Gasteiger partial charge in [0, 0.05) is 12.8 Å². The normalized spacial score (nSPS) is 10.5. The Bertz CT molecular complexity index is 743. The minimum absolute atomic E-state index is 0.223. The largest absolute Gasteiger partial charge is 0.466 e. The number of rotatable bonds is 10. The van der Waals surface area contributed by atoms with E-state index in [9.17, 15) is 14.0 Å². The van der Waals surface area contributed by atoms with Gasteiger partial charge in [-0.25, -0.2) is 4.39 Å². The van der Waals surface area contributed by atoms with Crippen LogP contribution in [0.4, 0.5) is 4.39 Å². The van der Waals surface area contributed by atoms with E-state index in [2.05, 4.69) is 12.1 Å². The number of carbonyl (C=O) groups excluding carboxylic acids is 2. The highest BCUT2D eigenvalue weighted by molar-refractivity contribution is 5.70. The second-order valence-electron chi connectivity index (χ2n) is 6.57. The molecule has 28 heavy (non-hydrogen) atoms. The van der Waals surface area contributed by atoms with Crippen LogP contribution in [0.1, 0.15) is 48.9 Å². The molecule has 150 valence electrons. The number of aryl methyl sites for hydroxylation is 2. The third kappa shape index (κ3) is 7.51. The van der Waals surface area contributed by atoms with Crippen molar-refractivity contribution in [1.82, 2.24) is 0 Å². The van der Waals surface area contributed by atoms with Gasteiger partial charge in [0.05, 0.1) is 13.2 Å². The number of ether oxygens (including phenoxy) is 2. The molecule has 0 aliphatic rings. The Morgan fingerprint density at radius 3 is 1.68 bits per heavy atom. The molecular formula is C23H27FO4. The SMILES string of the molecule is CCOC(=O)CCc1cc(CCC(=O)OCC)cc(Cc2ccc(F)cc2)c1. The zero-order valence-corrected chi connectivity index (χ0v) is 16.5. The van der Waals surface area contributed by atoms with Crippen LogP contribution in [0.2, 0.25) is 0 Å². The molecular weight excluding hydrogens is 359 g/mol. The van der Waals surface area contributed by atoms with Crippen LogP contribution in [0.5, 0.6) is 0 Å². The molecule has 0 N–H and O–H groups in total. The molecule has 0 fully saturated rings. The Hall–Kier alpha value is -2.69. The van der Waals surface area contributed by atoms with Crippen molar-refractivity contribution in [3.63, 3.8) is 0 Å². The van der Waals surface area contributed by atoms with E-state index in [1.165, 1.54) is 12.1 Å². The number of esters is 2. The summed E-state index contributed by atoms with van der Waals surface area (Å²) in [5.74, 6) is -0.707. The first-order chi connectivity index (χ1) is 13.5. The maximum Gasteiger partial charge on any atom is 0.306 e. The fraction of sp³-hybridized carbons (Fsp3) is 0.391. The average Bonchev–Trinajstić information content (AvgIpc) is 2.67. The second kappa shape index (κ2) is 11.2. The Morgan fingerprint density at radius 1 is 0.750 bits per heavy atom. The smallest absolute Gasteiger partial charge is 0.306 e. The van der Waals surface area contributed by atoms with Crippen molar-refractivity contribution in [2.24, 2.45) is 0 Å². The lowest BCUT2D eigenvalue weighted by Crippen LogP contribution is -2.07. The first-order valence-corrected chi connectivity index (χ1v) is 9.67. The lowest BCUT2D eigenvalue weighted by molar-refractivity contribution is -0.143. The predicted octanol–water partition coefficient (Wildman–Crippen LogP) is 4.41. The summed E-state index contributed by atoms with van der Waals surface area (Å²) in [6.07, 6.45) is 2.42. The molecule has 0 aliphatic heterocycles. The van der Waals surface area contributed by atoms with E-state index in [0.717, 1.165) is 22.3 Å². The minimum atomic E-state index is -0.262. The topological polar surface area (TPSA) is 52.6 Å². The van der Waals surface area contributed by atoms with E-state index in [0.29, 0.717) is 45.3 Å². The Labute approximate surface area is 165 Å². The minimum Gasteiger partial charge on any atom is -0.466 e. The van der Waals surface area contributed by atoms with Crippen molar-refractivity contribution >= 4 is 11.9 Å². The van der Waals surface area contributed by atoms with E-state index in [1.54, 1.807) is 26.0 Å². The van der Waals surface area contributed by atoms with E-state index in [4.69, 9.17) is 9.47 Å². The molecule has 0 amide bonds. The lowest BCUT2D eigenvalue weighted by atomic mass is 9.96. The van der Waals surface area contributed by atoms with Gasteiger partial charge < -0.3 is 9.47 Å². The van der Waals surface area contributed by atoms with Crippen LogP contribution in [0.25, 0.3) is 0 Å².